The summed E-state index contributed by atoms with van der Waals surface area (Å²) in [6, 6.07) is 3.49. The van der Waals surface area contributed by atoms with E-state index in [0.717, 1.165) is 12.5 Å². The smallest absolute Gasteiger partial charge is 0.356 e. The van der Waals surface area contributed by atoms with Crippen molar-refractivity contribution < 1.29 is 9.90 Å². The Morgan fingerprint density at radius 3 is 3.07 bits per heavy atom. The number of nitrogens with zero attached hydrogens (tertiary/aromatic N) is 1. The van der Waals surface area contributed by atoms with Gasteiger partial charge in [0.1, 0.15) is 0 Å². The molecule has 74 valence electrons. The minimum Gasteiger partial charge on any atom is -0.476 e. The third-order valence-corrected chi connectivity index (χ3v) is 2.29. The maximum Gasteiger partial charge on any atom is 0.356 e. The van der Waals surface area contributed by atoms with Crippen LogP contribution in [0.25, 0.3) is 0 Å². The highest BCUT2D eigenvalue weighted by molar-refractivity contribution is 5.91. The average molecular weight is 192 g/mol. The second-order valence-corrected chi connectivity index (χ2v) is 3.53. The molecule has 1 aromatic rings. The van der Waals surface area contributed by atoms with Crippen LogP contribution in [-0.4, -0.2) is 22.6 Å². The molecule has 1 heterocycles. The second kappa shape index (κ2) is 3.65. The summed E-state index contributed by atoms with van der Waals surface area (Å²) in [5, 5.41) is 12.0. The van der Waals surface area contributed by atoms with Gasteiger partial charge >= 0.3 is 5.97 Å². The number of carbonyl (C=O) groups is 1. The van der Waals surface area contributed by atoms with Crippen LogP contribution >= 0.6 is 0 Å². The van der Waals surface area contributed by atoms with Crippen LogP contribution < -0.4 is 5.32 Å². The van der Waals surface area contributed by atoms with Crippen molar-refractivity contribution in [2.24, 2.45) is 5.92 Å². The molecule has 1 saturated carbocycles. The molecular weight excluding hydrogens is 180 g/mol. The van der Waals surface area contributed by atoms with Gasteiger partial charge in [0, 0.05) is 12.7 Å². The first-order valence-corrected chi connectivity index (χ1v) is 4.69. The Morgan fingerprint density at radius 1 is 1.64 bits per heavy atom. The molecule has 1 aliphatic rings. The molecular formula is C10H12N2O2. The maximum atomic E-state index is 10.8. The SMILES string of the molecule is O=C(O)c1ncccc1NCC1CC1. The molecule has 4 nitrogen and oxygen atoms in total. The Morgan fingerprint density at radius 2 is 2.43 bits per heavy atom. The molecule has 2 N–H and O–H groups in total. The van der Waals surface area contributed by atoms with Crippen molar-refractivity contribution in [3.05, 3.63) is 24.0 Å². The quantitative estimate of drug-likeness (QED) is 0.760. The van der Waals surface area contributed by atoms with E-state index < -0.39 is 5.97 Å². The molecule has 0 saturated heterocycles. The molecule has 0 aliphatic heterocycles. The fourth-order valence-electron chi connectivity index (χ4n) is 1.29. The molecule has 1 aromatic heterocycles. The maximum absolute atomic E-state index is 10.8. The van der Waals surface area contributed by atoms with Crippen molar-refractivity contribution >= 4 is 11.7 Å². The predicted molar refractivity (Wildman–Crippen MR) is 52.4 cm³/mol. The Labute approximate surface area is 82.0 Å². The first-order chi connectivity index (χ1) is 6.77. The van der Waals surface area contributed by atoms with Crippen molar-refractivity contribution in [3.8, 4) is 0 Å². The summed E-state index contributed by atoms with van der Waals surface area (Å²) in [4.78, 5) is 14.6. The van der Waals surface area contributed by atoms with E-state index in [4.69, 9.17) is 5.11 Å². The van der Waals surface area contributed by atoms with Crippen LogP contribution in [0.1, 0.15) is 23.3 Å². The normalized spacial score (nSPS) is 15.1. The first kappa shape index (κ1) is 8.99. The largest absolute Gasteiger partial charge is 0.476 e. The summed E-state index contributed by atoms with van der Waals surface area (Å²) in [6.45, 7) is 0.853. The van der Waals surface area contributed by atoms with E-state index in [1.54, 1.807) is 12.1 Å². The molecule has 2 rings (SSSR count). The lowest BCUT2D eigenvalue weighted by atomic mass is 10.3. The minimum atomic E-state index is -0.983. The van der Waals surface area contributed by atoms with Crippen LogP contribution in [0.3, 0.4) is 0 Å². The van der Waals surface area contributed by atoms with Gasteiger partial charge in [0.15, 0.2) is 5.69 Å². The van der Waals surface area contributed by atoms with E-state index in [0.29, 0.717) is 5.69 Å². The highest BCUT2D eigenvalue weighted by Crippen LogP contribution is 2.29. The van der Waals surface area contributed by atoms with Crippen molar-refractivity contribution in [2.45, 2.75) is 12.8 Å². The van der Waals surface area contributed by atoms with Gasteiger partial charge in [0.2, 0.25) is 0 Å². The number of pyridine rings is 1. The van der Waals surface area contributed by atoms with Crippen LogP contribution in [0.4, 0.5) is 5.69 Å². The molecule has 0 aromatic carbocycles. The third-order valence-electron chi connectivity index (χ3n) is 2.29. The van der Waals surface area contributed by atoms with Gasteiger partial charge < -0.3 is 10.4 Å². The number of aromatic carboxylic acids is 1. The summed E-state index contributed by atoms with van der Waals surface area (Å²) >= 11 is 0. The molecule has 4 heteroatoms. The van der Waals surface area contributed by atoms with Gasteiger partial charge in [0.25, 0.3) is 0 Å². The first-order valence-electron chi connectivity index (χ1n) is 4.69. The lowest BCUT2D eigenvalue weighted by Gasteiger charge is -2.06. The van der Waals surface area contributed by atoms with Gasteiger partial charge in [-0.05, 0) is 30.9 Å². The zero-order valence-electron chi connectivity index (χ0n) is 7.73. The molecule has 1 aliphatic carbocycles. The highest BCUT2D eigenvalue weighted by atomic mass is 16.4. The van der Waals surface area contributed by atoms with Gasteiger partial charge in [-0.3, -0.25) is 0 Å². The minimum absolute atomic E-state index is 0.105. The zero-order valence-corrected chi connectivity index (χ0v) is 7.73. The molecule has 14 heavy (non-hydrogen) atoms. The zero-order chi connectivity index (χ0) is 9.97. The number of carboxylic acids is 1. The number of anilines is 1. The monoisotopic (exact) mass is 192 g/mol. The summed E-state index contributed by atoms with van der Waals surface area (Å²) in [5.41, 5.74) is 0.722. The van der Waals surface area contributed by atoms with E-state index >= 15 is 0 Å². The van der Waals surface area contributed by atoms with Crippen LogP contribution in [0.2, 0.25) is 0 Å². The lowest BCUT2D eigenvalue weighted by molar-refractivity contribution is 0.0691. The lowest BCUT2D eigenvalue weighted by Crippen LogP contribution is -2.10. The molecule has 0 bridgehead atoms. The number of carboxylic acid groups (broad SMARTS) is 1. The molecule has 0 atom stereocenters. The van der Waals surface area contributed by atoms with Crippen LogP contribution in [-0.2, 0) is 0 Å². The summed E-state index contributed by atoms with van der Waals surface area (Å²) in [6.07, 6.45) is 3.98. The van der Waals surface area contributed by atoms with E-state index in [-0.39, 0.29) is 5.69 Å². The van der Waals surface area contributed by atoms with E-state index in [9.17, 15) is 4.79 Å². The van der Waals surface area contributed by atoms with Crippen LogP contribution in [0.15, 0.2) is 18.3 Å². The Bertz CT molecular complexity index is 348. The summed E-state index contributed by atoms with van der Waals surface area (Å²) in [5.74, 6) is -0.263. The van der Waals surface area contributed by atoms with Gasteiger partial charge in [-0.2, -0.15) is 0 Å². The number of aromatic nitrogens is 1. The third kappa shape index (κ3) is 2.02. The number of hydrogen-bond acceptors (Lipinski definition) is 3. The van der Waals surface area contributed by atoms with Crippen LogP contribution in [0.5, 0.6) is 0 Å². The summed E-state index contributed by atoms with van der Waals surface area (Å²) in [7, 11) is 0. The topological polar surface area (TPSA) is 62.2 Å². The average Bonchev–Trinajstić information content (AvgIpc) is 2.98. The number of nitrogens with one attached hydrogen (secondary N) is 1. The van der Waals surface area contributed by atoms with Gasteiger partial charge in [-0.15, -0.1) is 0 Å². The fourth-order valence-corrected chi connectivity index (χ4v) is 1.29. The van der Waals surface area contributed by atoms with Crippen molar-refractivity contribution in [3.63, 3.8) is 0 Å². The Kier molecular flexibility index (Phi) is 2.35. The Balaban J connectivity index is 2.09. The molecule has 0 amide bonds. The predicted octanol–water partition coefficient (Wildman–Crippen LogP) is 1.60. The number of hydrogen-bond donors (Lipinski definition) is 2. The molecule has 1 fully saturated rings. The van der Waals surface area contributed by atoms with E-state index in [1.807, 2.05) is 0 Å². The highest BCUT2D eigenvalue weighted by Gasteiger charge is 2.21. The summed E-state index contributed by atoms with van der Waals surface area (Å²) < 4.78 is 0. The van der Waals surface area contributed by atoms with Gasteiger partial charge in [0.05, 0.1) is 5.69 Å². The van der Waals surface area contributed by atoms with E-state index in [2.05, 4.69) is 10.3 Å². The molecule has 0 spiro atoms. The van der Waals surface area contributed by atoms with E-state index in [1.165, 1.54) is 19.0 Å². The van der Waals surface area contributed by atoms with Crippen molar-refractivity contribution in [1.82, 2.24) is 4.98 Å². The van der Waals surface area contributed by atoms with Gasteiger partial charge in [-0.1, -0.05) is 0 Å². The molecule has 0 radical (unpaired) electrons. The number of rotatable bonds is 4. The molecule has 0 unspecified atom stereocenters. The second-order valence-electron chi connectivity index (χ2n) is 3.53. The van der Waals surface area contributed by atoms with Crippen molar-refractivity contribution in [2.75, 3.05) is 11.9 Å². The van der Waals surface area contributed by atoms with Crippen LogP contribution in [0, 0.1) is 5.92 Å². The van der Waals surface area contributed by atoms with Gasteiger partial charge in [-0.25, -0.2) is 9.78 Å². The van der Waals surface area contributed by atoms with Crippen molar-refractivity contribution in [1.29, 1.82) is 0 Å². The Hall–Kier alpha value is -1.58. The standard InChI is InChI=1S/C10H12N2O2/c13-10(14)9-8(2-1-5-11-9)12-6-7-3-4-7/h1-2,5,7,12H,3-4,6H2,(H,13,14). The fraction of sp³-hybridized carbons (Fsp3) is 0.400.